The number of alkyl halides is 2. The molecule has 86 valence electrons. The van der Waals surface area contributed by atoms with E-state index in [-0.39, 0.29) is 0 Å². The van der Waals surface area contributed by atoms with Crippen molar-refractivity contribution in [3.8, 4) is 0 Å². The average molecular weight is 252 g/mol. The number of aromatic nitrogens is 1. The van der Waals surface area contributed by atoms with Crippen LogP contribution in [0.15, 0.2) is 6.07 Å². The molecule has 9 heteroatoms. The summed E-state index contributed by atoms with van der Waals surface area (Å²) in [6.45, 7) is 0. The number of hydrogen-bond acceptors (Lipinski definition) is 5. The summed E-state index contributed by atoms with van der Waals surface area (Å²) in [5.74, 6) is -0.881. The normalized spacial score (nSPS) is 10.5. The van der Waals surface area contributed by atoms with E-state index >= 15 is 0 Å². The molecule has 0 aromatic carbocycles. The van der Waals surface area contributed by atoms with Crippen molar-refractivity contribution >= 4 is 28.3 Å². The van der Waals surface area contributed by atoms with Crippen LogP contribution in [0.5, 0.6) is 0 Å². The maximum absolute atomic E-state index is 12.4. The molecule has 0 saturated carbocycles. The average Bonchev–Trinajstić information content (AvgIpc) is 2.15. The van der Waals surface area contributed by atoms with E-state index in [1.165, 1.54) is 0 Å². The van der Waals surface area contributed by atoms with Crippen LogP contribution in [0, 0.1) is 10.1 Å². The van der Waals surface area contributed by atoms with Gasteiger partial charge in [-0.15, -0.1) is 0 Å². The highest BCUT2D eigenvalue weighted by Gasteiger charge is 2.28. The topological polar surface area (TPSA) is 99.1 Å². The van der Waals surface area contributed by atoms with Crippen LogP contribution in [0.4, 0.5) is 20.3 Å². The van der Waals surface area contributed by atoms with Crippen LogP contribution < -0.4 is 5.73 Å². The van der Waals surface area contributed by atoms with Gasteiger partial charge in [-0.05, 0) is 27.6 Å². The third-order valence-electron chi connectivity index (χ3n) is 1.65. The predicted molar refractivity (Wildman–Crippen MR) is 50.4 cm³/mol. The van der Waals surface area contributed by atoms with E-state index in [2.05, 4.69) is 4.98 Å². The van der Waals surface area contributed by atoms with Crippen molar-refractivity contribution < 1.29 is 18.5 Å². The SMILES string of the molecule is Nc1cc(C(F)F)c(C(=O)Cl)nc1[N+](=O)[O-]. The van der Waals surface area contributed by atoms with Crippen molar-refractivity contribution in [3.05, 3.63) is 27.4 Å². The monoisotopic (exact) mass is 251 g/mol. The molecule has 0 atom stereocenters. The molecule has 0 amide bonds. The molecule has 16 heavy (non-hydrogen) atoms. The first-order chi connectivity index (χ1) is 7.34. The van der Waals surface area contributed by atoms with Crippen LogP contribution in [0.1, 0.15) is 22.5 Å². The van der Waals surface area contributed by atoms with Gasteiger partial charge in [0.1, 0.15) is 5.69 Å². The van der Waals surface area contributed by atoms with Gasteiger partial charge >= 0.3 is 5.82 Å². The molecule has 1 rings (SSSR count). The Hall–Kier alpha value is -1.83. The zero-order valence-electron chi connectivity index (χ0n) is 7.49. The van der Waals surface area contributed by atoms with Gasteiger partial charge in [0.15, 0.2) is 0 Å². The Kier molecular flexibility index (Phi) is 3.33. The first-order valence-electron chi connectivity index (χ1n) is 3.77. The van der Waals surface area contributed by atoms with Crippen molar-refractivity contribution in [2.45, 2.75) is 6.43 Å². The van der Waals surface area contributed by atoms with E-state index in [9.17, 15) is 23.7 Å². The first-order valence-corrected chi connectivity index (χ1v) is 4.15. The predicted octanol–water partition coefficient (Wildman–Crippen LogP) is 1.89. The number of carbonyl (C=O) groups excluding carboxylic acids is 1. The van der Waals surface area contributed by atoms with Crippen molar-refractivity contribution in [2.24, 2.45) is 0 Å². The summed E-state index contributed by atoms with van der Waals surface area (Å²) in [5.41, 5.74) is 2.89. The number of nitrogen functional groups attached to an aromatic ring is 1. The van der Waals surface area contributed by atoms with Crippen molar-refractivity contribution in [2.75, 3.05) is 5.73 Å². The van der Waals surface area contributed by atoms with Crippen LogP contribution in [0.2, 0.25) is 0 Å². The molecule has 0 aliphatic rings. The highest BCUT2D eigenvalue weighted by atomic mass is 35.5. The zero-order valence-corrected chi connectivity index (χ0v) is 8.24. The lowest BCUT2D eigenvalue weighted by Crippen LogP contribution is -2.08. The lowest BCUT2D eigenvalue weighted by atomic mass is 10.2. The highest BCUT2D eigenvalue weighted by molar-refractivity contribution is 6.67. The van der Waals surface area contributed by atoms with Gasteiger partial charge in [-0.1, -0.05) is 0 Å². The number of halogens is 3. The van der Waals surface area contributed by atoms with Gasteiger partial charge in [0.05, 0.1) is 5.56 Å². The summed E-state index contributed by atoms with van der Waals surface area (Å²) in [6, 6.07) is 0.616. The molecular formula is C7H4ClF2N3O3. The second-order valence-electron chi connectivity index (χ2n) is 2.67. The summed E-state index contributed by atoms with van der Waals surface area (Å²) in [4.78, 5) is 23.3. The Bertz CT molecular complexity index is 466. The molecule has 1 heterocycles. The lowest BCUT2D eigenvalue weighted by Gasteiger charge is -2.03. The number of nitrogens with zero attached hydrogens (tertiary/aromatic N) is 2. The van der Waals surface area contributed by atoms with E-state index in [1.807, 2.05) is 0 Å². The fourth-order valence-corrected chi connectivity index (χ4v) is 1.16. The summed E-state index contributed by atoms with van der Waals surface area (Å²) >= 11 is 4.98. The molecule has 0 bridgehead atoms. The van der Waals surface area contributed by atoms with Gasteiger partial charge in [-0.2, -0.15) is 0 Å². The maximum atomic E-state index is 12.4. The van der Waals surface area contributed by atoms with Crippen molar-refractivity contribution in [3.63, 3.8) is 0 Å². The number of carbonyl (C=O) groups is 1. The number of rotatable bonds is 3. The molecule has 0 unspecified atom stereocenters. The number of anilines is 1. The minimum Gasteiger partial charge on any atom is -0.392 e. The van der Waals surface area contributed by atoms with Crippen molar-refractivity contribution in [1.82, 2.24) is 4.98 Å². The molecule has 0 fully saturated rings. The standard InChI is InChI=1S/C7H4ClF2N3O3/c8-5(14)4-2(6(9)10)1-3(11)7(12-4)13(15)16/h1,6H,11H2. The van der Waals surface area contributed by atoms with Crippen LogP contribution in [-0.4, -0.2) is 15.1 Å². The molecular weight excluding hydrogens is 248 g/mol. The summed E-state index contributed by atoms with van der Waals surface area (Å²) < 4.78 is 24.8. The smallest absolute Gasteiger partial charge is 0.387 e. The summed E-state index contributed by atoms with van der Waals surface area (Å²) in [7, 11) is 0. The molecule has 0 saturated heterocycles. The Balaban J connectivity index is 3.49. The lowest BCUT2D eigenvalue weighted by molar-refractivity contribution is -0.388. The molecule has 1 aromatic heterocycles. The first kappa shape index (κ1) is 12.2. The van der Waals surface area contributed by atoms with Crippen LogP contribution in [0.3, 0.4) is 0 Å². The minimum atomic E-state index is -3.05. The van der Waals surface area contributed by atoms with Crippen molar-refractivity contribution in [1.29, 1.82) is 0 Å². The maximum Gasteiger partial charge on any atom is 0.387 e. The molecule has 6 nitrogen and oxygen atoms in total. The van der Waals surface area contributed by atoms with Gasteiger partial charge in [-0.25, -0.2) is 8.78 Å². The van der Waals surface area contributed by atoms with E-state index < -0.39 is 39.4 Å². The molecule has 0 spiro atoms. The van der Waals surface area contributed by atoms with Gasteiger partial charge in [0.25, 0.3) is 11.7 Å². The fraction of sp³-hybridized carbons (Fsp3) is 0.143. The Labute approximate surface area is 92.2 Å². The van der Waals surface area contributed by atoms with Gasteiger partial charge in [0.2, 0.25) is 5.69 Å². The second-order valence-corrected chi connectivity index (χ2v) is 3.01. The largest absolute Gasteiger partial charge is 0.392 e. The third-order valence-corrected chi connectivity index (χ3v) is 1.83. The van der Waals surface area contributed by atoms with Gasteiger partial charge in [-0.3, -0.25) is 4.79 Å². The van der Waals surface area contributed by atoms with E-state index in [1.54, 1.807) is 0 Å². The van der Waals surface area contributed by atoms with Crippen LogP contribution in [-0.2, 0) is 0 Å². The van der Waals surface area contributed by atoms with E-state index in [0.29, 0.717) is 6.07 Å². The zero-order chi connectivity index (χ0) is 12.5. The van der Waals surface area contributed by atoms with Gasteiger partial charge < -0.3 is 15.8 Å². The van der Waals surface area contributed by atoms with E-state index in [4.69, 9.17) is 17.3 Å². The van der Waals surface area contributed by atoms with E-state index in [0.717, 1.165) is 0 Å². The third kappa shape index (κ3) is 2.22. The number of nitro groups is 1. The quantitative estimate of drug-likeness (QED) is 0.502. The van der Waals surface area contributed by atoms with Gasteiger partial charge in [0, 0.05) is 0 Å². The fourth-order valence-electron chi connectivity index (χ4n) is 1.01. The minimum absolute atomic E-state index is 0.554. The molecule has 1 aromatic rings. The van der Waals surface area contributed by atoms with Crippen LogP contribution in [0.25, 0.3) is 0 Å². The van der Waals surface area contributed by atoms with Crippen LogP contribution >= 0.6 is 11.6 Å². The number of hydrogen-bond donors (Lipinski definition) is 1. The highest BCUT2D eigenvalue weighted by Crippen LogP contribution is 2.29. The molecule has 0 aliphatic carbocycles. The Morgan fingerprint density at radius 1 is 1.62 bits per heavy atom. The molecule has 0 radical (unpaired) electrons. The molecule has 2 N–H and O–H groups in total. The Morgan fingerprint density at radius 3 is 2.56 bits per heavy atom. The summed E-state index contributed by atoms with van der Waals surface area (Å²) in [5, 5.41) is 9.09. The second kappa shape index (κ2) is 4.35. The number of pyridine rings is 1. The molecule has 0 aliphatic heterocycles. The Morgan fingerprint density at radius 2 is 2.19 bits per heavy atom. The summed E-state index contributed by atoms with van der Waals surface area (Å²) in [6.07, 6.45) is -3.05. The number of nitrogens with two attached hydrogens (primary N) is 1.